The van der Waals surface area contributed by atoms with Crippen LogP contribution >= 0.6 is 0 Å². The molecule has 20 heavy (non-hydrogen) atoms. The monoisotopic (exact) mass is 275 g/mol. The largest absolute Gasteiger partial charge is 0.384 e. The van der Waals surface area contributed by atoms with E-state index in [-0.39, 0.29) is 5.84 Å². The third-order valence-corrected chi connectivity index (χ3v) is 4.07. The highest BCUT2D eigenvalue weighted by Gasteiger charge is 2.26. The molecule has 0 aromatic carbocycles. The third-order valence-electron chi connectivity index (χ3n) is 4.07. The Bertz CT molecular complexity index is 511. The first-order valence-corrected chi connectivity index (χ1v) is 7.25. The molecule has 1 fully saturated rings. The lowest BCUT2D eigenvalue weighted by atomic mass is 10.1. The number of rotatable bonds is 3. The minimum absolute atomic E-state index is 0.107. The van der Waals surface area contributed by atoms with Crippen LogP contribution in [-0.2, 0) is 0 Å². The van der Waals surface area contributed by atoms with E-state index in [2.05, 4.69) is 28.6 Å². The SMILES string of the molecule is CCN1CCN(c2nc(C)cc(C)c2C(=N)N)CC1C. The van der Waals surface area contributed by atoms with Gasteiger partial charge in [-0.3, -0.25) is 10.3 Å². The maximum atomic E-state index is 7.83. The van der Waals surface area contributed by atoms with Crippen molar-refractivity contribution in [2.75, 3.05) is 31.1 Å². The number of pyridine rings is 1. The topological polar surface area (TPSA) is 69.2 Å². The molecule has 2 heterocycles. The Morgan fingerprint density at radius 2 is 2.15 bits per heavy atom. The van der Waals surface area contributed by atoms with Crippen LogP contribution in [0.3, 0.4) is 0 Å². The minimum Gasteiger partial charge on any atom is -0.384 e. The van der Waals surface area contributed by atoms with Crippen LogP contribution in [0.1, 0.15) is 30.7 Å². The van der Waals surface area contributed by atoms with E-state index in [1.807, 2.05) is 19.9 Å². The first-order chi connectivity index (χ1) is 9.43. The molecule has 1 aliphatic heterocycles. The summed E-state index contributed by atoms with van der Waals surface area (Å²) < 4.78 is 0. The fourth-order valence-corrected chi connectivity index (χ4v) is 3.04. The maximum absolute atomic E-state index is 7.83. The number of anilines is 1. The first-order valence-electron chi connectivity index (χ1n) is 7.25. The van der Waals surface area contributed by atoms with Crippen molar-refractivity contribution < 1.29 is 0 Å². The van der Waals surface area contributed by atoms with E-state index in [9.17, 15) is 0 Å². The zero-order valence-electron chi connectivity index (χ0n) is 12.9. The van der Waals surface area contributed by atoms with Crippen LogP contribution in [0.4, 0.5) is 5.82 Å². The summed E-state index contributed by atoms with van der Waals surface area (Å²) in [5.74, 6) is 0.980. The average molecular weight is 275 g/mol. The highest BCUT2D eigenvalue weighted by Crippen LogP contribution is 2.24. The van der Waals surface area contributed by atoms with Gasteiger partial charge in [-0.15, -0.1) is 0 Å². The summed E-state index contributed by atoms with van der Waals surface area (Å²) in [6, 6.07) is 2.49. The van der Waals surface area contributed by atoms with Crippen LogP contribution in [0.5, 0.6) is 0 Å². The van der Waals surface area contributed by atoms with Crippen molar-refractivity contribution >= 4 is 11.7 Å². The zero-order chi connectivity index (χ0) is 14.9. The molecule has 0 spiro atoms. The smallest absolute Gasteiger partial charge is 0.140 e. The Labute approximate surface area is 121 Å². The Morgan fingerprint density at radius 1 is 1.45 bits per heavy atom. The summed E-state index contributed by atoms with van der Waals surface area (Å²) in [6.45, 7) is 12.4. The van der Waals surface area contributed by atoms with E-state index in [4.69, 9.17) is 11.1 Å². The molecule has 1 saturated heterocycles. The summed E-state index contributed by atoms with van der Waals surface area (Å²) in [5, 5.41) is 7.83. The van der Waals surface area contributed by atoms with Crippen molar-refractivity contribution in [2.45, 2.75) is 33.7 Å². The lowest BCUT2D eigenvalue weighted by molar-refractivity contribution is 0.199. The Balaban J connectivity index is 2.35. The van der Waals surface area contributed by atoms with Gasteiger partial charge in [0.05, 0.1) is 5.56 Å². The number of nitrogens with one attached hydrogen (secondary N) is 1. The summed E-state index contributed by atoms with van der Waals surface area (Å²) >= 11 is 0. The van der Waals surface area contributed by atoms with Crippen LogP contribution in [0.15, 0.2) is 6.07 Å². The highest BCUT2D eigenvalue weighted by atomic mass is 15.3. The van der Waals surface area contributed by atoms with E-state index < -0.39 is 0 Å². The number of nitrogens with zero attached hydrogens (tertiary/aromatic N) is 3. The van der Waals surface area contributed by atoms with Gasteiger partial charge in [0.15, 0.2) is 0 Å². The quantitative estimate of drug-likeness (QED) is 0.648. The number of aromatic nitrogens is 1. The average Bonchev–Trinajstić information content (AvgIpc) is 2.37. The van der Waals surface area contributed by atoms with Gasteiger partial charge >= 0.3 is 0 Å². The fraction of sp³-hybridized carbons (Fsp3) is 0.600. The molecule has 110 valence electrons. The molecule has 5 heteroatoms. The van der Waals surface area contributed by atoms with Crippen molar-refractivity contribution in [1.29, 1.82) is 5.41 Å². The van der Waals surface area contributed by atoms with Crippen molar-refractivity contribution in [3.05, 3.63) is 22.9 Å². The molecular weight excluding hydrogens is 250 g/mol. The van der Waals surface area contributed by atoms with Crippen LogP contribution < -0.4 is 10.6 Å². The van der Waals surface area contributed by atoms with Crippen LogP contribution in [0.25, 0.3) is 0 Å². The normalized spacial score (nSPS) is 20.2. The summed E-state index contributed by atoms with van der Waals surface area (Å²) in [7, 11) is 0. The van der Waals surface area contributed by atoms with Gasteiger partial charge in [0, 0.05) is 31.4 Å². The van der Waals surface area contributed by atoms with Gasteiger partial charge in [0.25, 0.3) is 0 Å². The Hall–Kier alpha value is -1.62. The number of hydrogen-bond donors (Lipinski definition) is 2. The molecule has 1 aromatic rings. The van der Waals surface area contributed by atoms with Gasteiger partial charge in [-0.1, -0.05) is 6.92 Å². The highest BCUT2D eigenvalue weighted by molar-refractivity contribution is 6.01. The second kappa shape index (κ2) is 5.79. The predicted molar refractivity (Wildman–Crippen MR) is 83.6 cm³/mol. The van der Waals surface area contributed by atoms with E-state index in [0.717, 1.165) is 48.8 Å². The summed E-state index contributed by atoms with van der Waals surface area (Å²) in [5.41, 5.74) is 8.56. The second-order valence-electron chi connectivity index (χ2n) is 5.62. The molecular formula is C15H25N5. The lowest BCUT2D eigenvalue weighted by Crippen LogP contribution is -2.52. The van der Waals surface area contributed by atoms with Crippen molar-refractivity contribution in [2.24, 2.45) is 5.73 Å². The van der Waals surface area contributed by atoms with Crippen molar-refractivity contribution in [1.82, 2.24) is 9.88 Å². The number of amidine groups is 1. The summed E-state index contributed by atoms with van der Waals surface area (Å²) in [4.78, 5) is 9.39. The van der Waals surface area contributed by atoms with E-state index >= 15 is 0 Å². The van der Waals surface area contributed by atoms with Crippen LogP contribution in [0, 0.1) is 19.3 Å². The third kappa shape index (κ3) is 2.77. The second-order valence-corrected chi connectivity index (χ2v) is 5.62. The molecule has 0 saturated carbocycles. The molecule has 0 aliphatic carbocycles. The molecule has 0 bridgehead atoms. The molecule has 0 amide bonds. The fourth-order valence-electron chi connectivity index (χ4n) is 3.04. The van der Waals surface area contributed by atoms with Gasteiger partial charge < -0.3 is 10.6 Å². The number of nitrogens with two attached hydrogens (primary N) is 1. The first kappa shape index (κ1) is 14.8. The molecule has 0 radical (unpaired) electrons. The molecule has 1 unspecified atom stereocenters. The van der Waals surface area contributed by atoms with E-state index in [0.29, 0.717) is 6.04 Å². The molecule has 3 N–H and O–H groups in total. The van der Waals surface area contributed by atoms with Gasteiger partial charge in [-0.05, 0) is 38.9 Å². The number of piperazine rings is 1. The number of likely N-dealkylation sites (N-methyl/N-ethyl adjacent to an activating group) is 1. The molecule has 1 aliphatic rings. The molecule has 5 nitrogen and oxygen atoms in total. The van der Waals surface area contributed by atoms with Crippen LogP contribution in [0.2, 0.25) is 0 Å². The van der Waals surface area contributed by atoms with Gasteiger partial charge in [0.2, 0.25) is 0 Å². The predicted octanol–water partition coefficient (Wildman–Crippen LogP) is 1.51. The zero-order valence-corrected chi connectivity index (χ0v) is 12.9. The summed E-state index contributed by atoms with van der Waals surface area (Å²) in [6.07, 6.45) is 0. The van der Waals surface area contributed by atoms with Crippen molar-refractivity contribution in [3.8, 4) is 0 Å². The maximum Gasteiger partial charge on any atom is 0.140 e. The van der Waals surface area contributed by atoms with Crippen LogP contribution in [-0.4, -0.2) is 47.9 Å². The minimum atomic E-state index is 0.107. The van der Waals surface area contributed by atoms with Gasteiger partial charge in [-0.2, -0.15) is 0 Å². The number of hydrogen-bond acceptors (Lipinski definition) is 4. The number of nitrogen functional groups attached to an aromatic ring is 1. The van der Waals surface area contributed by atoms with Gasteiger partial charge in [-0.25, -0.2) is 4.98 Å². The molecule has 1 atom stereocenters. The Morgan fingerprint density at radius 3 is 2.70 bits per heavy atom. The lowest BCUT2D eigenvalue weighted by Gasteiger charge is -2.40. The standard InChI is InChI=1S/C15H25N5/c1-5-19-6-7-20(9-12(19)4)15-13(14(16)17)10(2)8-11(3)18-15/h8,12H,5-7,9H2,1-4H3,(H3,16,17). The van der Waals surface area contributed by atoms with E-state index in [1.165, 1.54) is 0 Å². The van der Waals surface area contributed by atoms with E-state index in [1.54, 1.807) is 0 Å². The molecule has 2 rings (SSSR count). The van der Waals surface area contributed by atoms with Gasteiger partial charge in [0.1, 0.15) is 11.7 Å². The molecule has 1 aromatic heterocycles. The number of aryl methyl sites for hydroxylation is 2. The van der Waals surface area contributed by atoms with Crippen molar-refractivity contribution in [3.63, 3.8) is 0 Å². The Kier molecular flexibility index (Phi) is 4.28.